The van der Waals surface area contributed by atoms with E-state index in [2.05, 4.69) is 38.1 Å². The van der Waals surface area contributed by atoms with Gasteiger partial charge < -0.3 is 18.8 Å². The lowest BCUT2D eigenvalue weighted by atomic mass is 9.86. The number of methoxy groups -OCH3 is 1. The molecule has 0 saturated carbocycles. The Labute approximate surface area is 210 Å². The Morgan fingerprint density at radius 3 is 2.67 bits per heavy atom. The highest BCUT2D eigenvalue weighted by atomic mass is 16.5. The molecular weight excluding hydrogens is 452 g/mol. The van der Waals surface area contributed by atoms with Gasteiger partial charge >= 0.3 is 0 Å². The van der Waals surface area contributed by atoms with Crippen molar-refractivity contribution in [3.8, 4) is 17.1 Å². The van der Waals surface area contributed by atoms with E-state index in [0.717, 1.165) is 57.6 Å². The SMILES string of the molecule is CCc1c2c(nc3ccc(OCc4ccccc4)cc13)-c1cc3c(c(=O)n1C2)COC[C@@]3(CC)OC. The van der Waals surface area contributed by atoms with Crippen LogP contribution in [0.1, 0.15) is 48.1 Å². The summed E-state index contributed by atoms with van der Waals surface area (Å²) in [5, 5.41) is 1.08. The molecular formula is C30H30N2O4. The molecule has 2 aliphatic heterocycles. The van der Waals surface area contributed by atoms with Crippen molar-refractivity contribution in [1.82, 2.24) is 9.55 Å². The molecule has 6 nitrogen and oxygen atoms in total. The maximum Gasteiger partial charge on any atom is 0.257 e. The van der Waals surface area contributed by atoms with E-state index in [9.17, 15) is 4.79 Å². The van der Waals surface area contributed by atoms with Crippen LogP contribution in [0.2, 0.25) is 0 Å². The van der Waals surface area contributed by atoms with Crippen molar-refractivity contribution in [2.24, 2.45) is 0 Å². The molecule has 0 radical (unpaired) electrons. The lowest BCUT2D eigenvalue weighted by molar-refractivity contribution is -0.102. The van der Waals surface area contributed by atoms with Crippen molar-refractivity contribution in [2.45, 2.75) is 52.0 Å². The van der Waals surface area contributed by atoms with Gasteiger partial charge in [-0.15, -0.1) is 0 Å². The zero-order chi connectivity index (χ0) is 24.9. The molecule has 0 saturated heterocycles. The molecule has 0 amide bonds. The second-order valence-corrected chi connectivity index (χ2v) is 9.58. The number of hydrogen-bond acceptors (Lipinski definition) is 5. The van der Waals surface area contributed by atoms with Gasteiger partial charge in [0, 0.05) is 23.6 Å². The fraction of sp³-hybridized carbons (Fsp3) is 0.333. The first-order chi connectivity index (χ1) is 17.6. The molecule has 0 N–H and O–H groups in total. The maximum atomic E-state index is 13.6. The van der Waals surface area contributed by atoms with E-state index in [1.165, 1.54) is 5.56 Å². The van der Waals surface area contributed by atoms with Crippen LogP contribution in [0.25, 0.3) is 22.3 Å². The van der Waals surface area contributed by atoms with E-state index in [1.807, 2.05) is 34.9 Å². The molecule has 0 bridgehead atoms. The topological polar surface area (TPSA) is 62.6 Å². The number of ether oxygens (including phenoxy) is 3. The molecule has 0 aliphatic carbocycles. The molecule has 36 heavy (non-hydrogen) atoms. The Morgan fingerprint density at radius 2 is 1.92 bits per heavy atom. The van der Waals surface area contributed by atoms with Crippen LogP contribution >= 0.6 is 0 Å². The van der Waals surface area contributed by atoms with Crippen molar-refractivity contribution < 1.29 is 14.2 Å². The second kappa shape index (κ2) is 8.87. The molecule has 0 unspecified atom stereocenters. The number of aryl methyl sites for hydroxylation is 1. The largest absolute Gasteiger partial charge is 0.489 e. The Hall–Kier alpha value is -3.48. The monoisotopic (exact) mass is 482 g/mol. The second-order valence-electron chi connectivity index (χ2n) is 9.58. The van der Waals surface area contributed by atoms with Crippen molar-refractivity contribution in [3.05, 3.63) is 92.8 Å². The highest BCUT2D eigenvalue weighted by Gasteiger charge is 2.40. The van der Waals surface area contributed by atoms with Gasteiger partial charge in [-0.25, -0.2) is 4.98 Å². The fourth-order valence-electron chi connectivity index (χ4n) is 5.71. The van der Waals surface area contributed by atoms with Crippen LogP contribution in [0.3, 0.4) is 0 Å². The maximum absolute atomic E-state index is 13.6. The van der Waals surface area contributed by atoms with E-state index in [0.29, 0.717) is 31.9 Å². The van der Waals surface area contributed by atoms with Gasteiger partial charge in [0.15, 0.2) is 0 Å². The van der Waals surface area contributed by atoms with E-state index in [-0.39, 0.29) is 5.56 Å². The molecule has 1 atom stereocenters. The van der Waals surface area contributed by atoms with Gasteiger partial charge in [0.2, 0.25) is 0 Å². The number of fused-ring (bicyclic) bond motifs is 5. The van der Waals surface area contributed by atoms with Crippen molar-refractivity contribution >= 4 is 10.9 Å². The average Bonchev–Trinajstić information content (AvgIpc) is 3.29. The third-order valence-corrected chi connectivity index (χ3v) is 7.77. The van der Waals surface area contributed by atoms with Crippen molar-refractivity contribution in [1.29, 1.82) is 0 Å². The first kappa shape index (κ1) is 23.0. The quantitative estimate of drug-likeness (QED) is 0.327. The third kappa shape index (κ3) is 3.47. The van der Waals surface area contributed by atoms with E-state index >= 15 is 0 Å². The zero-order valence-electron chi connectivity index (χ0n) is 21.0. The number of benzene rings is 2. The minimum absolute atomic E-state index is 0.00642. The first-order valence-electron chi connectivity index (χ1n) is 12.6. The normalized spacial score (nSPS) is 18.1. The number of hydrogen-bond donors (Lipinski definition) is 0. The average molecular weight is 483 g/mol. The predicted octanol–water partition coefficient (Wildman–Crippen LogP) is 5.35. The summed E-state index contributed by atoms with van der Waals surface area (Å²) in [5.41, 5.74) is 7.14. The minimum Gasteiger partial charge on any atom is -0.489 e. The van der Waals surface area contributed by atoms with Crippen LogP contribution in [-0.4, -0.2) is 23.3 Å². The number of rotatable bonds is 6. The highest BCUT2D eigenvalue weighted by molar-refractivity contribution is 5.89. The lowest BCUT2D eigenvalue weighted by Gasteiger charge is -2.37. The van der Waals surface area contributed by atoms with Crippen LogP contribution in [0.4, 0.5) is 0 Å². The van der Waals surface area contributed by atoms with Gasteiger partial charge in [-0.05, 0) is 53.8 Å². The standard InChI is InChI=1S/C30H30N2O4/c1-4-21-22-13-20(36-16-19-9-7-6-8-10-19)11-12-26(22)31-28-23(21)15-32-27(28)14-25-24(29(32)33)17-35-18-30(25,5-2)34-3/h6-14H,4-5,15-18H2,1-3H3/t30-/m1/s1. The van der Waals surface area contributed by atoms with Crippen LogP contribution in [0.5, 0.6) is 5.75 Å². The Kier molecular flexibility index (Phi) is 5.66. The summed E-state index contributed by atoms with van der Waals surface area (Å²) in [4.78, 5) is 18.7. The molecule has 2 aromatic heterocycles. The summed E-state index contributed by atoms with van der Waals surface area (Å²) < 4.78 is 19.7. The number of nitrogens with zero attached hydrogens (tertiary/aromatic N) is 2. The lowest BCUT2D eigenvalue weighted by Crippen LogP contribution is -2.41. The third-order valence-electron chi connectivity index (χ3n) is 7.77. The summed E-state index contributed by atoms with van der Waals surface area (Å²) in [5.74, 6) is 0.816. The Morgan fingerprint density at radius 1 is 1.08 bits per heavy atom. The minimum atomic E-state index is -0.611. The number of pyridine rings is 2. The molecule has 0 fully saturated rings. The van der Waals surface area contributed by atoms with Gasteiger partial charge in [0.25, 0.3) is 5.56 Å². The van der Waals surface area contributed by atoms with Crippen molar-refractivity contribution in [3.63, 3.8) is 0 Å². The first-order valence-corrected chi connectivity index (χ1v) is 12.6. The van der Waals surface area contributed by atoms with Crippen LogP contribution < -0.4 is 10.3 Å². The van der Waals surface area contributed by atoms with E-state index in [4.69, 9.17) is 19.2 Å². The Balaban J connectivity index is 1.46. The summed E-state index contributed by atoms with van der Waals surface area (Å²) in [7, 11) is 1.69. The van der Waals surface area contributed by atoms with E-state index < -0.39 is 5.60 Å². The molecule has 2 aromatic carbocycles. The molecule has 6 heteroatoms. The Bertz CT molecular complexity index is 1520. The van der Waals surface area contributed by atoms with Gasteiger partial charge in [-0.3, -0.25) is 4.79 Å². The van der Waals surface area contributed by atoms with Gasteiger partial charge in [0.1, 0.15) is 18.0 Å². The molecule has 2 aliphatic rings. The van der Waals surface area contributed by atoms with Gasteiger partial charge in [-0.1, -0.05) is 44.2 Å². The molecule has 4 aromatic rings. The van der Waals surface area contributed by atoms with Crippen LogP contribution in [0, 0.1) is 0 Å². The summed E-state index contributed by atoms with van der Waals surface area (Å²) in [6.07, 6.45) is 1.56. The fourth-order valence-corrected chi connectivity index (χ4v) is 5.71. The summed E-state index contributed by atoms with van der Waals surface area (Å²) in [6.45, 7) is 6.01. The molecule has 6 rings (SSSR count). The predicted molar refractivity (Wildman–Crippen MR) is 139 cm³/mol. The van der Waals surface area contributed by atoms with E-state index in [1.54, 1.807) is 7.11 Å². The molecule has 0 spiro atoms. The zero-order valence-corrected chi connectivity index (χ0v) is 21.0. The van der Waals surface area contributed by atoms with Crippen LogP contribution in [-0.2, 0) is 41.3 Å². The summed E-state index contributed by atoms with van der Waals surface area (Å²) in [6, 6.07) is 18.4. The molecule has 184 valence electrons. The van der Waals surface area contributed by atoms with Crippen molar-refractivity contribution in [2.75, 3.05) is 13.7 Å². The van der Waals surface area contributed by atoms with Crippen LogP contribution in [0.15, 0.2) is 59.4 Å². The van der Waals surface area contributed by atoms with Gasteiger partial charge in [0.05, 0.1) is 36.7 Å². The summed E-state index contributed by atoms with van der Waals surface area (Å²) >= 11 is 0. The number of aromatic nitrogens is 2. The van der Waals surface area contributed by atoms with Gasteiger partial charge in [-0.2, -0.15) is 0 Å². The molecule has 4 heterocycles. The smallest absolute Gasteiger partial charge is 0.257 e. The highest BCUT2D eigenvalue weighted by Crippen LogP contribution is 2.41.